The monoisotopic (exact) mass is 537 g/mol. The number of aryl methyl sites for hydroxylation is 1. The van der Waals surface area contributed by atoms with Crippen LogP contribution in [0.5, 0.6) is 5.75 Å². The van der Waals surface area contributed by atoms with Crippen molar-refractivity contribution in [3.05, 3.63) is 29.8 Å². The molecule has 0 amide bonds. The summed E-state index contributed by atoms with van der Waals surface area (Å²) in [5, 5.41) is 8.92. The molecule has 0 aliphatic rings. The van der Waals surface area contributed by atoms with Gasteiger partial charge in [-0.1, -0.05) is 18.2 Å². The van der Waals surface area contributed by atoms with Gasteiger partial charge in [-0.05, 0) is 18.6 Å². The topological polar surface area (TPSA) is 20.2 Å². The first-order valence-electron chi connectivity index (χ1n) is 3.12. The molecular formula is C7H8I3OTi. The van der Waals surface area contributed by atoms with E-state index in [9.17, 15) is 0 Å². The Morgan fingerprint density at radius 3 is 1.83 bits per heavy atom. The molecule has 67 valence electrons. The van der Waals surface area contributed by atoms with E-state index in [1.54, 1.807) is 6.07 Å². The summed E-state index contributed by atoms with van der Waals surface area (Å²) >= 11 is 7.45. The minimum absolute atomic E-state index is 0.368. The third-order valence-electron chi connectivity index (χ3n) is 1.12. The van der Waals surface area contributed by atoms with Crippen molar-refractivity contribution in [2.75, 3.05) is 0 Å². The Morgan fingerprint density at radius 1 is 1.17 bits per heavy atom. The molecular weight excluding hydrogens is 529 g/mol. The van der Waals surface area contributed by atoms with Crippen molar-refractivity contribution in [2.45, 2.75) is 6.92 Å². The van der Waals surface area contributed by atoms with Gasteiger partial charge in [-0.25, -0.2) is 0 Å². The fourth-order valence-corrected chi connectivity index (χ4v) is 0.563. The summed E-state index contributed by atoms with van der Waals surface area (Å²) < 4.78 is 0. The average molecular weight is 537 g/mol. The Labute approximate surface area is 110 Å². The molecule has 0 saturated heterocycles. The van der Waals surface area contributed by atoms with Gasteiger partial charge < -0.3 is 5.11 Å². The molecule has 0 saturated carbocycles. The third-order valence-corrected chi connectivity index (χ3v) is 1.12. The van der Waals surface area contributed by atoms with Crippen LogP contribution in [0.4, 0.5) is 0 Å². The first-order valence-corrected chi connectivity index (χ1v) is 18.2. The van der Waals surface area contributed by atoms with Gasteiger partial charge >= 0.3 is 64.2 Å². The fourth-order valence-electron chi connectivity index (χ4n) is 0.563. The fraction of sp³-hybridized carbons (Fsp3) is 0.143. The van der Waals surface area contributed by atoms with Gasteiger partial charge in [-0.15, -0.1) is 0 Å². The molecule has 1 aromatic carbocycles. The summed E-state index contributed by atoms with van der Waals surface area (Å²) in [6.07, 6.45) is 0. The molecule has 0 atom stereocenters. The van der Waals surface area contributed by atoms with E-state index in [-0.39, 0.29) is 0 Å². The van der Waals surface area contributed by atoms with E-state index in [0.29, 0.717) is 5.75 Å². The summed E-state index contributed by atoms with van der Waals surface area (Å²) in [7, 11) is 0. The molecule has 1 rings (SSSR count). The number of para-hydroxylation sites is 1. The zero-order valence-electron chi connectivity index (χ0n) is 6.39. The molecule has 0 aliphatic carbocycles. The van der Waals surface area contributed by atoms with Crippen molar-refractivity contribution in [1.82, 2.24) is 0 Å². The number of rotatable bonds is 0. The van der Waals surface area contributed by atoms with Crippen LogP contribution in [0.15, 0.2) is 24.3 Å². The van der Waals surface area contributed by atoms with E-state index >= 15 is 0 Å². The summed E-state index contributed by atoms with van der Waals surface area (Å²) in [6.45, 7) is 1.45. The van der Waals surface area contributed by atoms with Crippen molar-refractivity contribution in [3.8, 4) is 5.75 Å². The Balaban J connectivity index is 0.000000261. The SMILES string of the molecule is Cc1ccccc1O.[I][Ti]([I])[I]. The predicted octanol–water partition coefficient (Wildman–Crippen LogP) is 4.36. The van der Waals surface area contributed by atoms with Crippen molar-refractivity contribution < 1.29 is 11.7 Å². The zero-order valence-corrected chi connectivity index (χ0v) is 14.4. The van der Waals surface area contributed by atoms with Gasteiger partial charge in [-0.2, -0.15) is 0 Å². The number of hydrogen-bond acceptors (Lipinski definition) is 1. The summed E-state index contributed by atoms with van der Waals surface area (Å²) in [4.78, 5) is 0. The maximum atomic E-state index is 8.92. The summed E-state index contributed by atoms with van der Waals surface area (Å²) in [5.41, 5.74) is 0.924. The van der Waals surface area contributed by atoms with Gasteiger partial charge in [-0.3, -0.25) is 0 Å². The summed E-state index contributed by atoms with van der Waals surface area (Å²) in [6, 6.07) is 7.25. The van der Waals surface area contributed by atoms with Crippen LogP contribution in [0.25, 0.3) is 0 Å². The van der Waals surface area contributed by atoms with Crippen LogP contribution in [0, 0.1) is 6.92 Å². The Bertz CT molecular complexity index is 206. The van der Waals surface area contributed by atoms with E-state index in [1.807, 2.05) is 25.1 Å². The second kappa shape index (κ2) is 8.25. The van der Waals surface area contributed by atoms with Crippen LogP contribution >= 0.6 is 57.6 Å². The van der Waals surface area contributed by atoms with Crippen LogP contribution < -0.4 is 0 Å². The quantitative estimate of drug-likeness (QED) is 0.386. The molecule has 1 N–H and O–H groups in total. The van der Waals surface area contributed by atoms with Crippen LogP contribution in [-0.4, -0.2) is 5.11 Å². The maximum absolute atomic E-state index is 8.92. The molecule has 5 heteroatoms. The van der Waals surface area contributed by atoms with Gasteiger partial charge in [0.25, 0.3) is 0 Å². The van der Waals surface area contributed by atoms with Gasteiger partial charge in [0.05, 0.1) is 0 Å². The van der Waals surface area contributed by atoms with E-state index in [1.165, 1.54) is 0 Å². The number of hydrogen-bond donors (Lipinski definition) is 1. The van der Waals surface area contributed by atoms with E-state index in [0.717, 1.165) is 5.56 Å². The van der Waals surface area contributed by atoms with E-state index in [2.05, 4.69) is 57.6 Å². The molecule has 0 bridgehead atoms. The Hall–Kier alpha value is 1.92. The first-order chi connectivity index (χ1) is 5.54. The molecule has 0 aromatic heterocycles. The number of aromatic hydroxyl groups is 1. The molecule has 12 heavy (non-hydrogen) atoms. The predicted molar refractivity (Wildman–Crippen MR) is 74.9 cm³/mol. The van der Waals surface area contributed by atoms with Crippen molar-refractivity contribution >= 4 is 57.6 Å². The standard InChI is InChI=1S/C7H8O.3HI.Ti/c1-6-4-2-3-5-7(6)8;;;;/h2-5,8H,1H3;3*1H;/q;;;;+3/p-3. The average Bonchev–Trinajstić information content (AvgIpc) is 1.94. The van der Waals surface area contributed by atoms with Crippen LogP contribution in [0.2, 0.25) is 0 Å². The number of benzene rings is 1. The molecule has 0 spiro atoms. The number of halogens is 3. The van der Waals surface area contributed by atoms with Crippen LogP contribution in [0.1, 0.15) is 5.56 Å². The molecule has 0 unspecified atom stereocenters. The molecule has 1 aromatic rings. The second-order valence-corrected chi connectivity index (χ2v) is 41.5. The second-order valence-electron chi connectivity index (χ2n) is 2.00. The molecule has 1 nitrogen and oxygen atoms in total. The third kappa shape index (κ3) is 8.52. The van der Waals surface area contributed by atoms with E-state index in [4.69, 9.17) is 5.11 Å². The number of phenolic OH excluding ortho intramolecular Hbond substituents is 1. The van der Waals surface area contributed by atoms with Crippen molar-refractivity contribution in [3.63, 3.8) is 0 Å². The molecule has 0 fully saturated rings. The molecule has 0 radical (unpaired) electrons. The first kappa shape index (κ1) is 13.9. The minimum atomic E-state index is -0.423. The number of phenols is 1. The summed E-state index contributed by atoms with van der Waals surface area (Å²) in [5.74, 6) is 0.368. The van der Waals surface area contributed by atoms with Gasteiger partial charge in [0.1, 0.15) is 5.75 Å². The van der Waals surface area contributed by atoms with Gasteiger partial charge in [0, 0.05) is 0 Å². The van der Waals surface area contributed by atoms with Gasteiger partial charge in [0.2, 0.25) is 0 Å². The Morgan fingerprint density at radius 2 is 1.58 bits per heavy atom. The normalized spacial score (nSPS) is 8.33. The van der Waals surface area contributed by atoms with Crippen LogP contribution in [0.3, 0.4) is 0 Å². The molecule has 0 aliphatic heterocycles. The van der Waals surface area contributed by atoms with Gasteiger partial charge in [0.15, 0.2) is 0 Å². The van der Waals surface area contributed by atoms with Crippen LogP contribution in [-0.2, 0) is 6.63 Å². The Kier molecular flexibility index (Phi) is 9.57. The van der Waals surface area contributed by atoms with Crippen molar-refractivity contribution in [2.24, 2.45) is 0 Å². The van der Waals surface area contributed by atoms with Crippen molar-refractivity contribution in [1.29, 1.82) is 0 Å². The zero-order chi connectivity index (χ0) is 9.56. The van der Waals surface area contributed by atoms with E-state index < -0.39 is 6.63 Å². The molecule has 0 heterocycles.